The number of rotatable bonds is 11. The van der Waals surface area contributed by atoms with Gasteiger partial charge >= 0.3 is 18.2 Å². The summed E-state index contributed by atoms with van der Waals surface area (Å²) in [6.07, 6.45) is -0.127. The molecule has 2 aromatic rings. The summed E-state index contributed by atoms with van der Waals surface area (Å²) < 4.78 is 37.0. The molecule has 1 aromatic heterocycles. The van der Waals surface area contributed by atoms with Crippen LogP contribution in [0.3, 0.4) is 0 Å². The van der Waals surface area contributed by atoms with E-state index in [1.54, 1.807) is 70.7 Å². The lowest BCUT2D eigenvalue weighted by Crippen LogP contribution is -2.32. The fourth-order valence-electron chi connectivity index (χ4n) is 4.45. The Hall–Kier alpha value is -3.77. The monoisotopic (exact) mass is 616 g/mol. The molecule has 1 saturated heterocycles. The van der Waals surface area contributed by atoms with E-state index in [2.05, 4.69) is 15.6 Å². The van der Waals surface area contributed by atoms with Crippen LogP contribution in [0.4, 0.5) is 19.8 Å². The zero-order valence-corrected chi connectivity index (χ0v) is 26.8. The van der Waals surface area contributed by atoms with Gasteiger partial charge in [-0.15, -0.1) is 0 Å². The first-order valence-electron chi connectivity index (χ1n) is 14.9. The lowest BCUT2D eigenvalue weighted by molar-refractivity contribution is -0.115. The summed E-state index contributed by atoms with van der Waals surface area (Å²) in [6.45, 7) is 14.4. The third kappa shape index (κ3) is 11.4. The summed E-state index contributed by atoms with van der Waals surface area (Å²) in [5, 5.41) is 5.83. The van der Waals surface area contributed by atoms with Gasteiger partial charge in [0.05, 0.1) is 12.2 Å². The standard InChI is InChI=1S/C32H45FN4O7/c1-21-19-24(35-25(20-21)36-29(39)44-32(5,6)7)28(42-30(40)37-16-8-9-17-37)41-18-15-34-14-13-22-11-10-12-23(33)26(22)27(38)43-31(2,3)4/h10-12,19-20,28,34H,8-9,13-18H2,1-7H3,(H,35,36,39). The second-order valence-electron chi connectivity index (χ2n) is 12.6. The fraction of sp³-hybridized carbons (Fsp3) is 0.562. The van der Waals surface area contributed by atoms with Crippen LogP contribution in [0.15, 0.2) is 30.3 Å². The summed E-state index contributed by atoms with van der Waals surface area (Å²) in [5.41, 5.74) is 0.0905. The molecule has 1 aliphatic heterocycles. The molecule has 2 amide bonds. The fourth-order valence-corrected chi connectivity index (χ4v) is 4.45. The van der Waals surface area contributed by atoms with Crippen molar-refractivity contribution in [2.24, 2.45) is 0 Å². The van der Waals surface area contributed by atoms with Crippen molar-refractivity contribution < 1.29 is 37.7 Å². The Kier molecular flexibility index (Phi) is 12.1. The van der Waals surface area contributed by atoms with E-state index in [1.807, 2.05) is 6.92 Å². The predicted molar refractivity (Wildman–Crippen MR) is 163 cm³/mol. The number of benzene rings is 1. The minimum Gasteiger partial charge on any atom is -0.456 e. The molecule has 11 nitrogen and oxygen atoms in total. The number of nitrogens with one attached hydrogen (secondary N) is 2. The van der Waals surface area contributed by atoms with E-state index in [0.717, 1.165) is 18.4 Å². The molecule has 1 unspecified atom stereocenters. The van der Waals surface area contributed by atoms with Gasteiger partial charge in [-0.25, -0.2) is 23.8 Å². The molecule has 2 heterocycles. The van der Waals surface area contributed by atoms with E-state index in [-0.39, 0.29) is 18.0 Å². The van der Waals surface area contributed by atoms with Crippen molar-refractivity contribution >= 4 is 24.0 Å². The second kappa shape index (κ2) is 15.3. The number of nitrogens with zero attached hydrogens (tertiary/aromatic N) is 2. The van der Waals surface area contributed by atoms with Gasteiger partial charge in [0.2, 0.25) is 6.29 Å². The van der Waals surface area contributed by atoms with Gasteiger partial charge in [0, 0.05) is 19.6 Å². The van der Waals surface area contributed by atoms with Crippen molar-refractivity contribution in [1.29, 1.82) is 0 Å². The molecule has 1 aromatic carbocycles. The predicted octanol–water partition coefficient (Wildman–Crippen LogP) is 5.91. The number of esters is 1. The Bertz CT molecular complexity index is 1300. The van der Waals surface area contributed by atoms with Crippen LogP contribution >= 0.6 is 0 Å². The Balaban J connectivity index is 1.63. The van der Waals surface area contributed by atoms with Crippen LogP contribution < -0.4 is 10.6 Å². The van der Waals surface area contributed by atoms with Crippen molar-refractivity contribution in [3.63, 3.8) is 0 Å². The van der Waals surface area contributed by atoms with Gasteiger partial charge in [-0.2, -0.15) is 0 Å². The zero-order valence-electron chi connectivity index (χ0n) is 26.8. The lowest BCUT2D eigenvalue weighted by Gasteiger charge is -2.23. The first kappa shape index (κ1) is 34.7. The van der Waals surface area contributed by atoms with Crippen molar-refractivity contribution in [1.82, 2.24) is 15.2 Å². The van der Waals surface area contributed by atoms with Gasteiger partial charge in [0.1, 0.15) is 28.5 Å². The highest BCUT2D eigenvalue weighted by atomic mass is 19.1. The quantitative estimate of drug-likeness (QED) is 0.137. The number of likely N-dealkylation sites (tertiary alicyclic amines) is 1. The minimum absolute atomic E-state index is 0.0734. The summed E-state index contributed by atoms with van der Waals surface area (Å²) in [6, 6.07) is 7.88. The second-order valence-corrected chi connectivity index (χ2v) is 12.6. The number of aryl methyl sites for hydroxylation is 1. The van der Waals surface area contributed by atoms with Gasteiger partial charge in [-0.05, 0) is 104 Å². The maximum absolute atomic E-state index is 14.5. The van der Waals surface area contributed by atoms with Crippen molar-refractivity contribution in [3.05, 3.63) is 58.5 Å². The van der Waals surface area contributed by atoms with Crippen molar-refractivity contribution in [2.45, 2.75) is 85.2 Å². The van der Waals surface area contributed by atoms with Crippen LogP contribution in [0, 0.1) is 12.7 Å². The first-order chi connectivity index (χ1) is 20.6. The van der Waals surface area contributed by atoms with E-state index in [4.69, 9.17) is 18.9 Å². The minimum atomic E-state index is -1.13. The number of carbonyl (C=O) groups is 3. The van der Waals surface area contributed by atoms with E-state index < -0.39 is 41.5 Å². The summed E-state index contributed by atoms with van der Waals surface area (Å²) in [4.78, 5) is 43.9. The highest BCUT2D eigenvalue weighted by Gasteiger charge is 2.27. The topological polar surface area (TPSA) is 128 Å². The maximum Gasteiger partial charge on any atom is 0.413 e. The largest absolute Gasteiger partial charge is 0.456 e. The van der Waals surface area contributed by atoms with Crippen LogP contribution in [-0.2, 0) is 25.4 Å². The molecule has 242 valence electrons. The SMILES string of the molecule is Cc1cc(NC(=O)OC(C)(C)C)nc(C(OCCNCCc2cccc(F)c2C(=O)OC(C)(C)C)OC(=O)N2CCCC2)c1. The molecule has 1 fully saturated rings. The average Bonchev–Trinajstić information content (AvgIpc) is 3.42. The molecule has 1 atom stereocenters. The Labute approximate surface area is 258 Å². The number of ether oxygens (including phenoxy) is 4. The normalized spacial score (nSPS) is 14.2. The maximum atomic E-state index is 14.5. The number of anilines is 1. The first-order valence-corrected chi connectivity index (χ1v) is 14.9. The van der Waals surface area contributed by atoms with E-state index in [0.29, 0.717) is 43.9 Å². The van der Waals surface area contributed by atoms with E-state index in [9.17, 15) is 18.8 Å². The summed E-state index contributed by atoms with van der Waals surface area (Å²) >= 11 is 0. The average molecular weight is 617 g/mol. The lowest BCUT2D eigenvalue weighted by atomic mass is 10.0. The molecule has 1 aliphatic rings. The molecule has 2 N–H and O–H groups in total. The van der Waals surface area contributed by atoms with Crippen LogP contribution in [0.2, 0.25) is 0 Å². The molecule has 0 bridgehead atoms. The van der Waals surface area contributed by atoms with Gasteiger partial charge in [0.25, 0.3) is 0 Å². The molecule has 44 heavy (non-hydrogen) atoms. The third-order valence-corrected chi connectivity index (χ3v) is 6.25. The molecule has 0 spiro atoms. The summed E-state index contributed by atoms with van der Waals surface area (Å²) in [5.74, 6) is -1.11. The number of pyridine rings is 1. The zero-order chi connectivity index (χ0) is 32.5. The number of hydrogen-bond acceptors (Lipinski definition) is 9. The van der Waals surface area contributed by atoms with Gasteiger partial charge < -0.3 is 29.2 Å². The third-order valence-electron chi connectivity index (χ3n) is 6.25. The van der Waals surface area contributed by atoms with Crippen molar-refractivity contribution in [2.75, 3.05) is 38.1 Å². The van der Waals surface area contributed by atoms with Crippen LogP contribution in [0.25, 0.3) is 0 Å². The number of halogens is 1. The number of amides is 2. The Morgan fingerprint density at radius 1 is 1.00 bits per heavy atom. The van der Waals surface area contributed by atoms with Gasteiger partial charge in [-0.3, -0.25) is 5.32 Å². The highest BCUT2D eigenvalue weighted by Crippen LogP contribution is 2.24. The number of hydrogen-bond donors (Lipinski definition) is 2. The summed E-state index contributed by atoms with van der Waals surface area (Å²) in [7, 11) is 0. The Morgan fingerprint density at radius 3 is 2.34 bits per heavy atom. The van der Waals surface area contributed by atoms with Crippen molar-refractivity contribution in [3.8, 4) is 0 Å². The number of aromatic nitrogens is 1. The molecule has 0 aliphatic carbocycles. The smallest absolute Gasteiger partial charge is 0.413 e. The molecule has 0 radical (unpaired) electrons. The molecular weight excluding hydrogens is 571 g/mol. The molecule has 0 saturated carbocycles. The highest BCUT2D eigenvalue weighted by molar-refractivity contribution is 5.91. The van der Waals surface area contributed by atoms with E-state index in [1.165, 1.54) is 6.07 Å². The Morgan fingerprint density at radius 2 is 1.68 bits per heavy atom. The van der Waals surface area contributed by atoms with Crippen LogP contribution in [0.1, 0.15) is 87.9 Å². The van der Waals surface area contributed by atoms with E-state index >= 15 is 0 Å². The molecule has 12 heteroatoms. The number of carbonyl (C=O) groups excluding carboxylic acids is 3. The van der Waals surface area contributed by atoms with Crippen LogP contribution in [0.5, 0.6) is 0 Å². The molecular formula is C32H45FN4O7. The van der Waals surface area contributed by atoms with Crippen LogP contribution in [-0.4, -0.2) is 72.0 Å². The van der Waals surface area contributed by atoms with Gasteiger partial charge in [-0.1, -0.05) is 12.1 Å². The van der Waals surface area contributed by atoms with Gasteiger partial charge in [0.15, 0.2) is 0 Å². The molecule has 3 rings (SSSR count).